The lowest BCUT2D eigenvalue weighted by Gasteiger charge is -2.18. The first-order valence-corrected chi connectivity index (χ1v) is 5.66. The number of nitrogens with one attached hydrogen (secondary N) is 1. The highest BCUT2D eigenvalue weighted by Gasteiger charge is 2.13. The lowest BCUT2D eigenvalue weighted by molar-refractivity contribution is -0.117. The first-order valence-electron chi connectivity index (χ1n) is 5.66. The fraction of sp³-hybridized carbons (Fsp3) is 0.385. The number of amides is 1. The summed E-state index contributed by atoms with van der Waals surface area (Å²) < 4.78 is 4.87. The Morgan fingerprint density at radius 2 is 2.22 bits per heavy atom. The maximum atomic E-state index is 11.9. The van der Waals surface area contributed by atoms with Gasteiger partial charge in [0.05, 0.1) is 24.4 Å². The molecule has 1 N–H and O–H groups in total. The third kappa shape index (κ3) is 3.84. The van der Waals surface area contributed by atoms with Gasteiger partial charge in [-0.1, -0.05) is 12.1 Å². The summed E-state index contributed by atoms with van der Waals surface area (Å²) in [6.07, 6.45) is 0. The number of anilines is 1. The van der Waals surface area contributed by atoms with E-state index in [2.05, 4.69) is 11.4 Å². The van der Waals surface area contributed by atoms with Crippen molar-refractivity contribution in [2.45, 2.75) is 0 Å². The summed E-state index contributed by atoms with van der Waals surface area (Å²) >= 11 is 0. The monoisotopic (exact) mass is 247 g/mol. The van der Waals surface area contributed by atoms with Gasteiger partial charge in [-0.05, 0) is 12.1 Å². The summed E-state index contributed by atoms with van der Waals surface area (Å²) in [7, 11) is 3.27. The molecule has 1 amide bonds. The van der Waals surface area contributed by atoms with E-state index in [-0.39, 0.29) is 12.5 Å². The maximum absolute atomic E-state index is 11.9. The van der Waals surface area contributed by atoms with E-state index in [1.807, 2.05) is 0 Å². The van der Waals surface area contributed by atoms with Gasteiger partial charge in [-0.3, -0.25) is 4.79 Å². The molecule has 0 radical (unpaired) electrons. The summed E-state index contributed by atoms with van der Waals surface area (Å²) in [6, 6.07) is 9.10. The van der Waals surface area contributed by atoms with E-state index in [9.17, 15) is 4.79 Å². The first kappa shape index (κ1) is 14.2. The van der Waals surface area contributed by atoms with Crippen molar-refractivity contribution in [1.82, 2.24) is 5.32 Å². The second-order valence-electron chi connectivity index (χ2n) is 3.75. The topological polar surface area (TPSA) is 65.4 Å². The van der Waals surface area contributed by atoms with E-state index >= 15 is 0 Å². The Morgan fingerprint density at radius 1 is 1.50 bits per heavy atom. The predicted molar refractivity (Wildman–Crippen MR) is 69.3 cm³/mol. The number of nitriles is 1. The van der Waals surface area contributed by atoms with Crippen molar-refractivity contribution in [3.05, 3.63) is 29.8 Å². The summed E-state index contributed by atoms with van der Waals surface area (Å²) in [4.78, 5) is 13.4. The number of para-hydroxylation sites is 1. The molecule has 1 rings (SSSR count). The smallest absolute Gasteiger partial charge is 0.240 e. The SMILES string of the molecule is COCCNCC(=O)N(C)c1ccccc1C#N. The number of methoxy groups -OCH3 is 1. The quantitative estimate of drug-likeness (QED) is 0.754. The summed E-state index contributed by atoms with van der Waals surface area (Å²) in [6.45, 7) is 1.40. The zero-order valence-corrected chi connectivity index (χ0v) is 10.6. The van der Waals surface area contributed by atoms with Crippen LogP contribution < -0.4 is 10.2 Å². The minimum Gasteiger partial charge on any atom is -0.383 e. The van der Waals surface area contributed by atoms with E-state index in [1.165, 1.54) is 4.90 Å². The van der Waals surface area contributed by atoms with Crippen molar-refractivity contribution in [2.24, 2.45) is 0 Å². The largest absolute Gasteiger partial charge is 0.383 e. The van der Waals surface area contributed by atoms with Gasteiger partial charge in [-0.25, -0.2) is 0 Å². The summed E-state index contributed by atoms with van der Waals surface area (Å²) in [5.41, 5.74) is 1.11. The standard InChI is InChI=1S/C13H17N3O2/c1-16(13(17)10-15-7-8-18-2)12-6-4-3-5-11(12)9-14/h3-6,15H,7-8,10H2,1-2H3. The van der Waals surface area contributed by atoms with E-state index in [0.717, 1.165) is 0 Å². The lowest BCUT2D eigenvalue weighted by atomic mass is 10.2. The minimum atomic E-state index is -0.0891. The molecular weight excluding hydrogens is 230 g/mol. The molecule has 0 saturated heterocycles. The molecule has 0 saturated carbocycles. The van der Waals surface area contributed by atoms with Crippen LogP contribution in [0.3, 0.4) is 0 Å². The maximum Gasteiger partial charge on any atom is 0.240 e. The van der Waals surface area contributed by atoms with Crippen LogP contribution >= 0.6 is 0 Å². The highest BCUT2D eigenvalue weighted by atomic mass is 16.5. The lowest BCUT2D eigenvalue weighted by Crippen LogP contribution is -2.37. The van der Waals surface area contributed by atoms with Gasteiger partial charge in [0.1, 0.15) is 6.07 Å². The van der Waals surface area contributed by atoms with Gasteiger partial charge in [-0.2, -0.15) is 5.26 Å². The second kappa shape index (κ2) is 7.43. The normalized spacial score (nSPS) is 9.83. The summed E-state index contributed by atoms with van der Waals surface area (Å²) in [5, 5.41) is 12.0. The number of ether oxygens (including phenoxy) is 1. The molecule has 1 aromatic carbocycles. The molecule has 0 aromatic heterocycles. The average Bonchev–Trinajstić information content (AvgIpc) is 2.42. The van der Waals surface area contributed by atoms with Gasteiger partial charge in [0.2, 0.25) is 5.91 Å². The Bertz CT molecular complexity index is 440. The zero-order chi connectivity index (χ0) is 13.4. The van der Waals surface area contributed by atoms with Crippen LogP contribution in [0.1, 0.15) is 5.56 Å². The van der Waals surface area contributed by atoms with Crippen LogP contribution in [0.25, 0.3) is 0 Å². The Hall–Kier alpha value is -1.90. The molecule has 0 aliphatic rings. The third-order valence-corrected chi connectivity index (χ3v) is 2.52. The minimum absolute atomic E-state index is 0.0891. The molecule has 96 valence electrons. The molecule has 18 heavy (non-hydrogen) atoms. The molecule has 0 bridgehead atoms. The fourth-order valence-electron chi connectivity index (χ4n) is 1.48. The van der Waals surface area contributed by atoms with Crippen molar-refractivity contribution in [3.8, 4) is 6.07 Å². The predicted octanol–water partition coefficient (Wildman–Crippen LogP) is 0.757. The van der Waals surface area contributed by atoms with Crippen LogP contribution in [0, 0.1) is 11.3 Å². The highest BCUT2D eigenvalue weighted by molar-refractivity contribution is 5.95. The Balaban J connectivity index is 2.61. The highest BCUT2D eigenvalue weighted by Crippen LogP contribution is 2.17. The van der Waals surface area contributed by atoms with Crippen molar-refractivity contribution in [2.75, 3.05) is 38.8 Å². The molecule has 0 aliphatic carbocycles. The van der Waals surface area contributed by atoms with Crippen molar-refractivity contribution >= 4 is 11.6 Å². The second-order valence-corrected chi connectivity index (χ2v) is 3.75. The van der Waals surface area contributed by atoms with Crippen LogP contribution in [0.2, 0.25) is 0 Å². The van der Waals surface area contributed by atoms with E-state index in [4.69, 9.17) is 10.00 Å². The van der Waals surface area contributed by atoms with Gasteiger partial charge >= 0.3 is 0 Å². The van der Waals surface area contributed by atoms with Crippen LogP contribution in [-0.2, 0) is 9.53 Å². The molecular formula is C13H17N3O2. The average molecular weight is 247 g/mol. The van der Waals surface area contributed by atoms with Crippen molar-refractivity contribution in [3.63, 3.8) is 0 Å². The van der Waals surface area contributed by atoms with Gasteiger partial charge in [0, 0.05) is 20.7 Å². The Labute approximate surface area is 107 Å². The Morgan fingerprint density at radius 3 is 2.89 bits per heavy atom. The molecule has 0 atom stereocenters. The molecule has 5 nitrogen and oxygen atoms in total. The number of rotatable bonds is 6. The first-order chi connectivity index (χ1) is 8.70. The number of benzene rings is 1. The molecule has 1 aromatic rings. The van der Waals surface area contributed by atoms with Gasteiger partial charge < -0.3 is 15.0 Å². The molecule has 0 spiro atoms. The zero-order valence-electron chi connectivity index (χ0n) is 10.6. The fourth-order valence-corrected chi connectivity index (χ4v) is 1.48. The number of nitrogens with zero attached hydrogens (tertiary/aromatic N) is 2. The van der Waals surface area contributed by atoms with Gasteiger partial charge in [0.15, 0.2) is 0 Å². The van der Waals surface area contributed by atoms with Crippen molar-refractivity contribution in [1.29, 1.82) is 5.26 Å². The van der Waals surface area contributed by atoms with Gasteiger partial charge in [-0.15, -0.1) is 0 Å². The number of hydrogen-bond acceptors (Lipinski definition) is 4. The van der Waals surface area contributed by atoms with Crippen LogP contribution in [0.5, 0.6) is 0 Å². The number of likely N-dealkylation sites (N-methyl/N-ethyl adjacent to an activating group) is 1. The molecule has 0 unspecified atom stereocenters. The van der Waals surface area contributed by atoms with Crippen LogP contribution in [0.4, 0.5) is 5.69 Å². The molecule has 0 aliphatic heterocycles. The van der Waals surface area contributed by atoms with E-state index in [1.54, 1.807) is 38.4 Å². The van der Waals surface area contributed by atoms with E-state index < -0.39 is 0 Å². The Kier molecular flexibility index (Phi) is 5.85. The summed E-state index contributed by atoms with van der Waals surface area (Å²) in [5.74, 6) is -0.0891. The van der Waals surface area contributed by atoms with Gasteiger partial charge in [0.25, 0.3) is 0 Å². The molecule has 0 fully saturated rings. The molecule has 5 heteroatoms. The van der Waals surface area contributed by atoms with Crippen LogP contribution in [-0.4, -0.2) is 39.8 Å². The third-order valence-electron chi connectivity index (χ3n) is 2.52. The van der Waals surface area contributed by atoms with Crippen LogP contribution in [0.15, 0.2) is 24.3 Å². The van der Waals surface area contributed by atoms with Crippen molar-refractivity contribution < 1.29 is 9.53 Å². The number of hydrogen-bond donors (Lipinski definition) is 1. The molecule has 0 heterocycles. The van der Waals surface area contributed by atoms with E-state index in [0.29, 0.717) is 24.4 Å². The number of carbonyl (C=O) groups is 1. The number of carbonyl (C=O) groups excluding carboxylic acids is 1.